The van der Waals surface area contributed by atoms with E-state index in [1.165, 1.54) is 18.3 Å². The maximum Gasteiger partial charge on any atom is 0.272 e. The summed E-state index contributed by atoms with van der Waals surface area (Å²) in [6.45, 7) is 2.68. The molecule has 3 aromatic rings. The largest absolute Gasteiger partial charge is 0.368 e. The number of pyridine rings is 1. The number of carbonyl (C=O) groups excluding carboxylic acids is 1. The molecule has 0 aliphatic carbocycles. The molecule has 0 spiro atoms. The summed E-state index contributed by atoms with van der Waals surface area (Å²) < 4.78 is 26.9. The van der Waals surface area contributed by atoms with Crippen LogP contribution in [0.15, 0.2) is 66.9 Å². The number of benzene rings is 2. The molecule has 0 radical (unpaired) electrons. The van der Waals surface area contributed by atoms with Crippen LogP contribution in [0.25, 0.3) is 0 Å². The smallest absolute Gasteiger partial charge is 0.272 e. The normalized spacial score (nSPS) is 14.0. The molecule has 0 atom stereocenters. The number of nitrogens with one attached hydrogen (secondary N) is 1. The van der Waals surface area contributed by atoms with Gasteiger partial charge in [0.25, 0.3) is 5.91 Å². The number of aromatic nitrogens is 1. The molecular formula is C22H20F2N4O. The molecular weight excluding hydrogens is 374 g/mol. The van der Waals surface area contributed by atoms with Crippen molar-refractivity contribution < 1.29 is 13.6 Å². The zero-order chi connectivity index (χ0) is 20.2. The fourth-order valence-electron chi connectivity index (χ4n) is 3.34. The molecule has 1 aliphatic rings. The summed E-state index contributed by atoms with van der Waals surface area (Å²) in [6, 6.07) is 16.6. The van der Waals surface area contributed by atoms with Crippen LogP contribution in [0.3, 0.4) is 0 Å². The number of rotatable bonds is 4. The van der Waals surface area contributed by atoms with Gasteiger partial charge in [0.15, 0.2) is 0 Å². The molecule has 1 aromatic heterocycles. The second-order valence-electron chi connectivity index (χ2n) is 6.79. The monoisotopic (exact) mass is 394 g/mol. The summed E-state index contributed by atoms with van der Waals surface area (Å²) in [5, 5.41) is 2.87. The van der Waals surface area contributed by atoms with Crippen molar-refractivity contribution >= 4 is 23.0 Å². The number of piperazine rings is 1. The Morgan fingerprint density at radius 1 is 0.931 bits per heavy atom. The Kier molecular flexibility index (Phi) is 5.37. The Hall–Kier alpha value is -3.48. The summed E-state index contributed by atoms with van der Waals surface area (Å²) in [4.78, 5) is 21.0. The topological polar surface area (TPSA) is 48.5 Å². The maximum absolute atomic E-state index is 13.9. The van der Waals surface area contributed by atoms with Crippen molar-refractivity contribution in [2.45, 2.75) is 0 Å². The van der Waals surface area contributed by atoms with Crippen LogP contribution in [0.2, 0.25) is 0 Å². The van der Waals surface area contributed by atoms with E-state index >= 15 is 0 Å². The number of para-hydroxylation sites is 1. The van der Waals surface area contributed by atoms with Crippen LogP contribution in [0.5, 0.6) is 0 Å². The van der Waals surface area contributed by atoms with E-state index in [9.17, 15) is 13.6 Å². The fourth-order valence-corrected chi connectivity index (χ4v) is 3.34. The van der Waals surface area contributed by atoms with Gasteiger partial charge >= 0.3 is 0 Å². The molecule has 1 N–H and O–H groups in total. The van der Waals surface area contributed by atoms with Crippen LogP contribution in [0.4, 0.5) is 25.8 Å². The first-order valence-electron chi connectivity index (χ1n) is 9.37. The molecule has 2 heterocycles. The highest BCUT2D eigenvalue weighted by Gasteiger charge is 2.23. The first-order chi connectivity index (χ1) is 14.1. The van der Waals surface area contributed by atoms with Crippen molar-refractivity contribution in [3.63, 3.8) is 0 Å². The summed E-state index contributed by atoms with van der Waals surface area (Å²) in [7, 11) is 0. The zero-order valence-corrected chi connectivity index (χ0v) is 15.7. The van der Waals surface area contributed by atoms with Gasteiger partial charge in [-0.25, -0.2) is 8.78 Å². The lowest BCUT2D eigenvalue weighted by molar-refractivity contribution is 0.0741. The van der Waals surface area contributed by atoms with Crippen molar-refractivity contribution in [2.24, 2.45) is 0 Å². The molecule has 1 amide bonds. The van der Waals surface area contributed by atoms with Gasteiger partial charge in [-0.05, 0) is 36.4 Å². The number of hydrogen-bond acceptors (Lipinski definition) is 4. The molecule has 5 nitrogen and oxygen atoms in total. The fraction of sp³-hybridized carbons (Fsp3) is 0.182. The van der Waals surface area contributed by atoms with E-state index in [0.29, 0.717) is 18.8 Å². The number of anilines is 3. The number of hydrogen-bond donors (Lipinski definition) is 1. The number of amides is 1. The predicted octanol–water partition coefficient (Wildman–Crippen LogP) is 4.07. The molecule has 29 heavy (non-hydrogen) atoms. The third kappa shape index (κ3) is 4.34. The van der Waals surface area contributed by atoms with Crippen molar-refractivity contribution in [2.75, 3.05) is 36.4 Å². The van der Waals surface area contributed by atoms with Gasteiger partial charge in [-0.1, -0.05) is 18.2 Å². The van der Waals surface area contributed by atoms with Gasteiger partial charge in [-0.2, -0.15) is 0 Å². The first-order valence-corrected chi connectivity index (χ1v) is 9.37. The minimum Gasteiger partial charge on any atom is -0.368 e. The molecule has 0 bridgehead atoms. The Labute approximate surface area is 167 Å². The van der Waals surface area contributed by atoms with Gasteiger partial charge in [-0.3, -0.25) is 9.78 Å². The van der Waals surface area contributed by atoms with Crippen LogP contribution >= 0.6 is 0 Å². The van der Waals surface area contributed by atoms with Crippen LogP contribution < -0.4 is 10.2 Å². The quantitative estimate of drug-likeness (QED) is 0.725. The van der Waals surface area contributed by atoms with E-state index < -0.39 is 11.6 Å². The Morgan fingerprint density at radius 3 is 2.41 bits per heavy atom. The third-order valence-corrected chi connectivity index (χ3v) is 4.88. The van der Waals surface area contributed by atoms with E-state index in [4.69, 9.17) is 0 Å². The average Bonchev–Trinajstić information content (AvgIpc) is 2.76. The second kappa shape index (κ2) is 8.26. The van der Waals surface area contributed by atoms with Crippen molar-refractivity contribution in [1.82, 2.24) is 9.88 Å². The molecule has 4 rings (SSSR count). The van der Waals surface area contributed by atoms with Crippen LogP contribution in [0.1, 0.15) is 10.5 Å². The van der Waals surface area contributed by atoms with Crippen LogP contribution in [-0.4, -0.2) is 42.0 Å². The van der Waals surface area contributed by atoms with Crippen LogP contribution in [0, 0.1) is 11.6 Å². The number of halogens is 2. The Balaban J connectivity index is 1.42. The van der Waals surface area contributed by atoms with Gasteiger partial charge in [0.05, 0.1) is 5.69 Å². The molecule has 2 aromatic carbocycles. The number of nitrogens with zero attached hydrogens (tertiary/aromatic N) is 3. The average molecular weight is 394 g/mol. The highest BCUT2D eigenvalue weighted by molar-refractivity contribution is 5.93. The Morgan fingerprint density at radius 2 is 1.69 bits per heavy atom. The molecule has 0 unspecified atom stereocenters. The lowest BCUT2D eigenvalue weighted by atomic mass is 10.2. The zero-order valence-electron chi connectivity index (χ0n) is 15.7. The summed E-state index contributed by atoms with van der Waals surface area (Å²) >= 11 is 0. The minimum absolute atomic E-state index is 0.132. The number of carbonyl (C=O) groups is 1. The SMILES string of the molecule is O=C(c1cc(Nc2ccc(F)cc2F)ccn1)N1CCN(c2ccccc2)CC1. The molecule has 1 fully saturated rings. The van der Waals surface area contributed by atoms with Gasteiger partial charge in [0.2, 0.25) is 0 Å². The van der Waals surface area contributed by atoms with E-state index in [0.717, 1.165) is 24.8 Å². The maximum atomic E-state index is 13.9. The third-order valence-electron chi connectivity index (χ3n) is 4.88. The molecule has 7 heteroatoms. The predicted molar refractivity (Wildman–Crippen MR) is 108 cm³/mol. The van der Waals surface area contributed by atoms with Gasteiger partial charge in [0, 0.05) is 49.8 Å². The lowest BCUT2D eigenvalue weighted by Gasteiger charge is -2.36. The first kappa shape index (κ1) is 18.9. The van der Waals surface area contributed by atoms with Crippen molar-refractivity contribution in [3.05, 3.63) is 84.2 Å². The lowest BCUT2D eigenvalue weighted by Crippen LogP contribution is -2.49. The highest BCUT2D eigenvalue weighted by atomic mass is 19.1. The van der Waals surface area contributed by atoms with Gasteiger partial charge in [-0.15, -0.1) is 0 Å². The van der Waals surface area contributed by atoms with Gasteiger partial charge in [0.1, 0.15) is 17.3 Å². The van der Waals surface area contributed by atoms with Crippen LogP contribution in [-0.2, 0) is 0 Å². The van der Waals surface area contributed by atoms with E-state index in [2.05, 4.69) is 27.3 Å². The summed E-state index contributed by atoms with van der Waals surface area (Å²) in [5.41, 5.74) is 2.07. The van der Waals surface area contributed by atoms with Gasteiger partial charge < -0.3 is 15.1 Å². The van der Waals surface area contributed by atoms with E-state index in [1.807, 2.05) is 18.2 Å². The molecule has 1 aliphatic heterocycles. The summed E-state index contributed by atoms with van der Waals surface area (Å²) in [5.74, 6) is -1.51. The molecule has 0 saturated carbocycles. The standard InChI is InChI=1S/C22H20F2N4O/c23-16-6-7-20(19(24)14-16)26-17-8-9-25-21(15-17)22(29)28-12-10-27(11-13-28)18-4-2-1-3-5-18/h1-9,14-15H,10-13H2,(H,25,26). The van der Waals surface area contributed by atoms with Crippen molar-refractivity contribution in [1.29, 1.82) is 0 Å². The minimum atomic E-state index is -0.702. The highest BCUT2D eigenvalue weighted by Crippen LogP contribution is 2.22. The van der Waals surface area contributed by atoms with Crippen molar-refractivity contribution in [3.8, 4) is 0 Å². The Bertz CT molecular complexity index is 1000. The molecule has 1 saturated heterocycles. The molecule has 148 valence electrons. The van der Waals surface area contributed by atoms with E-state index in [1.54, 1.807) is 17.0 Å². The second-order valence-corrected chi connectivity index (χ2v) is 6.79. The van der Waals surface area contributed by atoms with E-state index in [-0.39, 0.29) is 17.3 Å². The summed E-state index contributed by atoms with van der Waals surface area (Å²) in [6.07, 6.45) is 1.50.